The van der Waals surface area contributed by atoms with Crippen molar-refractivity contribution in [1.29, 1.82) is 5.26 Å². The second-order valence-corrected chi connectivity index (χ2v) is 4.75. The van der Waals surface area contributed by atoms with Crippen LogP contribution in [-0.4, -0.2) is 9.91 Å². The first-order valence-corrected chi connectivity index (χ1v) is 6.62. The van der Waals surface area contributed by atoms with E-state index < -0.39 is 4.92 Å². The van der Waals surface area contributed by atoms with Gasteiger partial charge in [-0.05, 0) is 29.3 Å². The van der Waals surface area contributed by atoms with Crippen molar-refractivity contribution in [3.63, 3.8) is 0 Å². The minimum absolute atomic E-state index is 0.0251. The second kappa shape index (κ2) is 5.54. The van der Waals surface area contributed by atoms with Gasteiger partial charge in [-0.2, -0.15) is 5.26 Å². The topological polar surface area (TPSA) is 82.7 Å². The molecule has 0 aliphatic carbocycles. The Balaban J connectivity index is 2.06. The molecule has 3 rings (SSSR count). The van der Waals surface area contributed by atoms with E-state index in [1.165, 1.54) is 12.1 Å². The first kappa shape index (κ1) is 13.6. The maximum absolute atomic E-state index is 10.7. The zero-order chi connectivity index (χ0) is 15.5. The summed E-state index contributed by atoms with van der Waals surface area (Å²) >= 11 is 0. The normalized spacial score (nSPS) is 10.1. The quantitative estimate of drug-likeness (QED) is 0.581. The molecule has 106 valence electrons. The molecule has 1 heterocycles. The van der Waals surface area contributed by atoms with Crippen LogP contribution >= 0.6 is 0 Å². The van der Waals surface area contributed by atoms with Gasteiger partial charge in [0.2, 0.25) is 0 Å². The van der Waals surface area contributed by atoms with Crippen molar-refractivity contribution in [3.8, 4) is 28.6 Å². The van der Waals surface area contributed by atoms with E-state index in [0.717, 1.165) is 16.8 Å². The molecular weight excluding hydrogens is 278 g/mol. The summed E-state index contributed by atoms with van der Waals surface area (Å²) in [6.45, 7) is 0. The number of hydrogen-bond donors (Lipinski definition) is 1. The molecule has 0 bridgehead atoms. The summed E-state index contributed by atoms with van der Waals surface area (Å²) in [5.74, 6) is 0. The number of benzene rings is 2. The van der Waals surface area contributed by atoms with Gasteiger partial charge in [0.25, 0.3) is 5.69 Å². The smallest absolute Gasteiger partial charge is 0.269 e. The molecule has 0 spiro atoms. The van der Waals surface area contributed by atoms with E-state index in [-0.39, 0.29) is 5.69 Å². The number of nitrogens with one attached hydrogen (secondary N) is 1. The molecule has 5 heteroatoms. The zero-order valence-electron chi connectivity index (χ0n) is 11.5. The molecule has 2 aromatic carbocycles. The largest absolute Gasteiger partial charge is 0.353 e. The molecule has 0 atom stereocenters. The predicted molar refractivity (Wildman–Crippen MR) is 83.0 cm³/mol. The Morgan fingerprint density at radius 2 is 1.68 bits per heavy atom. The van der Waals surface area contributed by atoms with Crippen LogP contribution < -0.4 is 0 Å². The highest BCUT2D eigenvalue weighted by Crippen LogP contribution is 2.29. The van der Waals surface area contributed by atoms with Crippen LogP contribution in [0.4, 0.5) is 5.69 Å². The highest BCUT2D eigenvalue weighted by atomic mass is 16.6. The number of non-ortho nitro benzene ring substituents is 1. The molecular formula is C17H11N3O2. The van der Waals surface area contributed by atoms with Crippen molar-refractivity contribution < 1.29 is 4.92 Å². The maximum Gasteiger partial charge on any atom is 0.269 e. The lowest BCUT2D eigenvalue weighted by molar-refractivity contribution is -0.384. The Bertz CT molecular complexity index is 859. The van der Waals surface area contributed by atoms with E-state index in [9.17, 15) is 15.4 Å². The van der Waals surface area contributed by atoms with Gasteiger partial charge in [-0.3, -0.25) is 10.1 Å². The molecule has 0 aliphatic heterocycles. The van der Waals surface area contributed by atoms with Crippen molar-refractivity contribution >= 4 is 5.69 Å². The fourth-order valence-electron chi connectivity index (χ4n) is 2.29. The van der Waals surface area contributed by atoms with Crippen LogP contribution in [0.5, 0.6) is 0 Å². The average molecular weight is 289 g/mol. The van der Waals surface area contributed by atoms with E-state index >= 15 is 0 Å². The lowest BCUT2D eigenvalue weighted by Crippen LogP contribution is -1.88. The van der Waals surface area contributed by atoms with Crippen LogP contribution in [0, 0.1) is 21.4 Å². The summed E-state index contributed by atoms with van der Waals surface area (Å²) in [5, 5.41) is 20.0. The second-order valence-electron chi connectivity index (χ2n) is 4.75. The number of nitrogens with zero attached hydrogens (tertiary/aromatic N) is 2. The molecule has 0 saturated carbocycles. The van der Waals surface area contributed by atoms with Crippen LogP contribution in [0.1, 0.15) is 5.56 Å². The summed E-state index contributed by atoms with van der Waals surface area (Å²) in [7, 11) is 0. The van der Waals surface area contributed by atoms with Gasteiger partial charge in [-0.25, -0.2) is 0 Å². The molecule has 0 amide bonds. The minimum atomic E-state index is -0.445. The van der Waals surface area contributed by atoms with E-state index in [1.807, 2.05) is 30.3 Å². The number of rotatable bonds is 3. The van der Waals surface area contributed by atoms with Crippen LogP contribution in [0.3, 0.4) is 0 Å². The highest BCUT2D eigenvalue weighted by Gasteiger charge is 2.12. The van der Waals surface area contributed by atoms with Crippen LogP contribution in [-0.2, 0) is 0 Å². The standard InChI is InChI=1S/C17H11N3O2/c18-11-14-10-16(12-4-2-1-3-5-12)19-17(14)13-6-8-15(9-7-13)20(21)22/h1-10,19H. The van der Waals surface area contributed by atoms with E-state index in [1.54, 1.807) is 18.2 Å². The molecule has 3 aromatic rings. The number of nitro benzene ring substituents is 1. The molecule has 5 nitrogen and oxygen atoms in total. The Hall–Kier alpha value is -3.39. The number of nitriles is 1. The molecule has 1 aromatic heterocycles. The van der Waals surface area contributed by atoms with E-state index in [4.69, 9.17) is 0 Å². The van der Waals surface area contributed by atoms with Crippen LogP contribution in [0.2, 0.25) is 0 Å². The summed E-state index contributed by atoms with van der Waals surface area (Å²) in [4.78, 5) is 13.5. The molecule has 0 saturated heterocycles. The van der Waals surface area contributed by atoms with Crippen molar-refractivity contribution in [2.75, 3.05) is 0 Å². The fraction of sp³-hybridized carbons (Fsp3) is 0. The average Bonchev–Trinajstić information content (AvgIpc) is 3.00. The predicted octanol–water partition coefficient (Wildman–Crippen LogP) is 4.13. The van der Waals surface area contributed by atoms with Crippen molar-refractivity contribution in [2.24, 2.45) is 0 Å². The first-order chi connectivity index (χ1) is 10.7. The summed E-state index contributed by atoms with van der Waals surface area (Å²) in [6, 6.07) is 19.8. The molecule has 22 heavy (non-hydrogen) atoms. The maximum atomic E-state index is 10.7. The third kappa shape index (κ3) is 2.45. The van der Waals surface area contributed by atoms with Gasteiger partial charge < -0.3 is 4.98 Å². The van der Waals surface area contributed by atoms with Gasteiger partial charge >= 0.3 is 0 Å². The fourth-order valence-corrected chi connectivity index (χ4v) is 2.29. The van der Waals surface area contributed by atoms with Gasteiger partial charge in [0.15, 0.2) is 0 Å². The minimum Gasteiger partial charge on any atom is -0.353 e. The van der Waals surface area contributed by atoms with E-state index in [2.05, 4.69) is 11.1 Å². The third-order valence-corrected chi connectivity index (χ3v) is 3.39. The lowest BCUT2D eigenvalue weighted by Gasteiger charge is -2.00. The summed E-state index contributed by atoms with van der Waals surface area (Å²) in [6.07, 6.45) is 0. The Kier molecular flexibility index (Phi) is 3.42. The number of nitro groups is 1. The Morgan fingerprint density at radius 1 is 1.00 bits per heavy atom. The van der Waals surface area contributed by atoms with Crippen LogP contribution in [0.25, 0.3) is 22.5 Å². The summed E-state index contributed by atoms with van der Waals surface area (Å²) in [5.41, 5.74) is 3.75. The lowest BCUT2D eigenvalue weighted by atomic mass is 10.1. The molecule has 0 aliphatic rings. The Labute approximate surface area is 126 Å². The third-order valence-electron chi connectivity index (χ3n) is 3.39. The highest BCUT2D eigenvalue weighted by molar-refractivity contribution is 5.74. The SMILES string of the molecule is N#Cc1cc(-c2ccccc2)[nH]c1-c1ccc([N+](=O)[O-])cc1. The molecule has 0 radical (unpaired) electrons. The zero-order valence-corrected chi connectivity index (χ0v) is 11.5. The van der Waals surface area contributed by atoms with Crippen molar-refractivity contribution in [1.82, 2.24) is 4.98 Å². The summed E-state index contributed by atoms with van der Waals surface area (Å²) < 4.78 is 0. The molecule has 1 N–H and O–H groups in total. The Morgan fingerprint density at radius 3 is 2.27 bits per heavy atom. The number of H-pyrrole nitrogens is 1. The van der Waals surface area contributed by atoms with Gasteiger partial charge in [-0.1, -0.05) is 30.3 Å². The molecule has 0 unspecified atom stereocenters. The van der Waals surface area contributed by atoms with Gasteiger partial charge in [0.05, 0.1) is 16.2 Å². The number of aromatic amines is 1. The monoisotopic (exact) mass is 289 g/mol. The van der Waals surface area contributed by atoms with E-state index in [0.29, 0.717) is 11.3 Å². The van der Waals surface area contributed by atoms with Crippen molar-refractivity contribution in [2.45, 2.75) is 0 Å². The van der Waals surface area contributed by atoms with Gasteiger partial charge in [-0.15, -0.1) is 0 Å². The van der Waals surface area contributed by atoms with Crippen LogP contribution in [0.15, 0.2) is 60.7 Å². The van der Waals surface area contributed by atoms with Gasteiger partial charge in [0.1, 0.15) is 6.07 Å². The number of hydrogen-bond acceptors (Lipinski definition) is 3. The van der Waals surface area contributed by atoms with Crippen molar-refractivity contribution in [3.05, 3.63) is 76.3 Å². The number of aromatic nitrogens is 1. The molecule has 0 fully saturated rings. The first-order valence-electron chi connectivity index (χ1n) is 6.62. The van der Waals surface area contributed by atoms with Gasteiger partial charge in [0, 0.05) is 17.8 Å².